The SMILES string of the molecule is CCCOc1ccc(S(=O)(=O)Nc2cc(Cl)ncn2)cc1. The summed E-state index contributed by atoms with van der Waals surface area (Å²) in [5.41, 5.74) is 0. The molecule has 1 heterocycles. The Hall–Kier alpha value is -1.86. The molecule has 1 aromatic heterocycles. The van der Waals surface area contributed by atoms with Gasteiger partial charge in [-0.2, -0.15) is 0 Å². The van der Waals surface area contributed by atoms with E-state index in [1.54, 1.807) is 12.1 Å². The maximum atomic E-state index is 12.2. The van der Waals surface area contributed by atoms with Gasteiger partial charge in [0.15, 0.2) is 0 Å². The number of benzene rings is 1. The quantitative estimate of drug-likeness (QED) is 0.825. The Kier molecular flexibility index (Phi) is 4.98. The zero-order valence-corrected chi connectivity index (χ0v) is 12.9. The van der Waals surface area contributed by atoms with E-state index in [1.807, 2.05) is 6.92 Å². The molecule has 0 saturated heterocycles. The van der Waals surface area contributed by atoms with Crippen molar-refractivity contribution in [3.05, 3.63) is 41.8 Å². The molecule has 0 radical (unpaired) electrons. The molecule has 2 rings (SSSR count). The molecule has 21 heavy (non-hydrogen) atoms. The van der Waals surface area contributed by atoms with Crippen LogP contribution in [0.15, 0.2) is 41.6 Å². The Bertz CT molecular complexity index is 705. The largest absolute Gasteiger partial charge is 0.494 e. The Morgan fingerprint density at radius 1 is 1.24 bits per heavy atom. The maximum Gasteiger partial charge on any atom is 0.263 e. The van der Waals surface area contributed by atoms with Crippen LogP contribution >= 0.6 is 11.6 Å². The fourth-order valence-electron chi connectivity index (χ4n) is 1.52. The van der Waals surface area contributed by atoms with E-state index in [1.165, 1.54) is 24.5 Å². The topological polar surface area (TPSA) is 81.2 Å². The molecular weight excluding hydrogens is 314 g/mol. The lowest BCUT2D eigenvalue weighted by atomic mass is 10.3. The highest BCUT2D eigenvalue weighted by Gasteiger charge is 2.15. The molecule has 0 saturated carbocycles. The highest BCUT2D eigenvalue weighted by molar-refractivity contribution is 7.92. The zero-order chi connectivity index (χ0) is 15.3. The van der Waals surface area contributed by atoms with E-state index < -0.39 is 10.0 Å². The van der Waals surface area contributed by atoms with Gasteiger partial charge in [0.25, 0.3) is 10.0 Å². The Balaban J connectivity index is 2.15. The summed E-state index contributed by atoms with van der Waals surface area (Å²) in [7, 11) is -3.72. The summed E-state index contributed by atoms with van der Waals surface area (Å²) < 4.78 is 32.1. The number of hydrogen-bond acceptors (Lipinski definition) is 5. The van der Waals surface area contributed by atoms with Gasteiger partial charge < -0.3 is 4.74 Å². The van der Waals surface area contributed by atoms with Crippen LogP contribution < -0.4 is 9.46 Å². The molecule has 6 nitrogen and oxygen atoms in total. The minimum absolute atomic E-state index is 0.112. The lowest BCUT2D eigenvalue weighted by Crippen LogP contribution is -2.14. The number of sulfonamides is 1. The second-order valence-electron chi connectivity index (χ2n) is 4.15. The molecule has 0 spiro atoms. The number of ether oxygens (including phenoxy) is 1. The maximum absolute atomic E-state index is 12.2. The van der Waals surface area contributed by atoms with E-state index in [4.69, 9.17) is 16.3 Å². The predicted octanol–water partition coefficient (Wildman–Crippen LogP) is 2.72. The molecule has 1 aromatic carbocycles. The van der Waals surface area contributed by atoms with Gasteiger partial charge in [-0.05, 0) is 30.7 Å². The average molecular weight is 328 g/mol. The van der Waals surface area contributed by atoms with Crippen LogP contribution in [0, 0.1) is 0 Å². The third-order valence-corrected chi connectivity index (χ3v) is 4.06. The summed E-state index contributed by atoms with van der Waals surface area (Å²) in [6.45, 7) is 2.58. The van der Waals surface area contributed by atoms with Crippen molar-refractivity contribution < 1.29 is 13.2 Å². The monoisotopic (exact) mass is 327 g/mol. The van der Waals surface area contributed by atoms with Crippen LogP contribution in [0.1, 0.15) is 13.3 Å². The molecule has 1 N–H and O–H groups in total. The fraction of sp³-hybridized carbons (Fsp3) is 0.231. The molecule has 2 aromatic rings. The van der Waals surface area contributed by atoms with Crippen molar-refractivity contribution in [2.75, 3.05) is 11.3 Å². The van der Waals surface area contributed by atoms with E-state index in [-0.39, 0.29) is 15.9 Å². The van der Waals surface area contributed by atoms with E-state index in [2.05, 4.69) is 14.7 Å². The van der Waals surface area contributed by atoms with Gasteiger partial charge in [-0.3, -0.25) is 4.72 Å². The summed E-state index contributed by atoms with van der Waals surface area (Å²) >= 11 is 5.69. The first kappa shape index (κ1) is 15.5. The molecular formula is C13H14ClN3O3S. The highest BCUT2D eigenvalue weighted by atomic mass is 35.5. The summed E-state index contributed by atoms with van der Waals surface area (Å²) in [4.78, 5) is 7.60. The van der Waals surface area contributed by atoms with Crippen molar-refractivity contribution in [1.29, 1.82) is 0 Å². The third kappa shape index (κ3) is 4.30. The van der Waals surface area contributed by atoms with E-state index in [0.717, 1.165) is 6.42 Å². The van der Waals surface area contributed by atoms with Gasteiger partial charge in [0.2, 0.25) is 0 Å². The number of hydrogen-bond donors (Lipinski definition) is 1. The van der Waals surface area contributed by atoms with Crippen molar-refractivity contribution in [3.8, 4) is 5.75 Å². The van der Waals surface area contributed by atoms with Crippen molar-refractivity contribution in [3.63, 3.8) is 0 Å². The number of aromatic nitrogens is 2. The van der Waals surface area contributed by atoms with Crippen LogP contribution in [0.25, 0.3) is 0 Å². The molecule has 0 amide bonds. The fourth-order valence-corrected chi connectivity index (χ4v) is 2.67. The molecule has 0 bridgehead atoms. The minimum Gasteiger partial charge on any atom is -0.494 e. The molecule has 8 heteroatoms. The number of rotatable bonds is 6. The third-order valence-electron chi connectivity index (χ3n) is 2.48. The summed E-state index contributed by atoms with van der Waals surface area (Å²) in [6.07, 6.45) is 2.07. The van der Waals surface area contributed by atoms with Crippen molar-refractivity contribution >= 4 is 27.4 Å². The highest BCUT2D eigenvalue weighted by Crippen LogP contribution is 2.19. The lowest BCUT2D eigenvalue weighted by Gasteiger charge is -2.08. The second-order valence-corrected chi connectivity index (χ2v) is 6.22. The Labute approximate surface area is 128 Å². The van der Waals surface area contributed by atoms with Gasteiger partial charge >= 0.3 is 0 Å². The van der Waals surface area contributed by atoms with Crippen LogP contribution in [-0.4, -0.2) is 25.0 Å². The van der Waals surface area contributed by atoms with Crippen LogP contribution in [0.4, 0.5) is 5.82 Å². The van der Waals surface area contributed by atoms with Crippen LogP contribution in [0.5, 0.6) is 5.75 Å². The number of anilines is 1. The predicted molar refractivity (Wildman–Crippen MR) is 80.1 cm³/mol. The zero-order valence-electron chi connectivity index (χ0n) is 11.3. The first-order valence-electron chi connectivity index (χ1n) is 6.24. The summed E-state index contributed by atoms with van der Waals surface area (Å²) in [5.74, 6) is 0.738. The standard InChI is InChI=1S/C13H14ClN3O3S/c1-2-7-20-10-3-5-11(6-4-10)21(18,19)17-13-8-12(14)15-9-16-13/h3-6,8-9H,2,7H2,1H3,(H,15,16,17). The number of nitrogens with zero attached hydrogens (tertiary/aromatic N) is 2. The van der Waals surface area contributed by atoms with E-state index in [9.17, 15) is 8.42 Å². The number of halogens is 1. The second kappa shape index (κ2) is 6.73. The lowest BCUT2D eigenvalue weighted by molar-refractivity contribution is 0.317. The molecule has 112 valence electrons. The first-order chi connectivity index (χ1) is 10.0. The van der Waals surface area contributed by atoms with Gasteiger partial charge in [0.1, 0.15) is 23.0 Å². The van der Waals surface area contributed by atoms with Gasteiger partial charge in [0.05, 0.1) is 11.5 Å². The van der Waals surface area contributed by atoms with Crippen LogP contribution in [-0.2, 0) is 10.0 Å². The van der Waals surface area contributed by atoms with E-state index in [0.29, 0.717) is 12.4 Å². The van der Waals surface area contributed by atoms with Crippen molar-refractivity contribution in [1.82, 2.24) is 9.97 Å². The number of nitrogens with one attached hydrogen (secondary N) is 1. The Morgan fingerprint density at radius 2 is 1.95 bits per heavy atom. The van der Waals surface area contributed by atoms with Crippen LogP contribution in [0.2, 0.25) is 5.15 Å². The smallest absolute Gasteiger partial charge is 0.263 e. The minimum atomic E-state index is -3.72. The van der Waals surface area contributed by atoms with E-state index >= 15 is 0 Å². The molecule has 0 aliphatic rings. The molecule has 0 fully saturated rings. The molecule has 0 atom stereocenters. The normalized spacial score (nSPS) is 11.1. The van der Waals surface area contributed by atoms with Gasteiger partial charge in [-0.25, -0.2) is 18.4 Å². The van der Waals surface area contributed by atoms with Crippen LogP contribution in [0.3, 0.4) is 0 Å². The summed E-state index contributed by atoms with van der Waals surface area (Å²) in [6, 6.07) is 7.48. The average Bonchev–Trinajstić information content (AvgIpc) is 2.45. The van der Waals surface area contributed by atoms with Gasteiger partial charge in [-0.1, -0.05) is 18.5 Å². The first-order valence-corrected chi connectivity index (χ1v) is 8.10. The van der Waals surface area contributed by atoms with Gasteiger partial charge in [0, 0.05) is 6.07 Å². The van der Waals surface area contributed by atoms with Crippen molar-refractivity contribution in [2.45, 2.75) is 18.2 Å². The molecule has 0 aliphatic carbocycles. The summed E-state index contributed by atoms with van der Waals surface area (Å²) in [5, 5.41) is 0.158. The molecule has 0 unspecified atom stereocenters. The Morgan fingerprint density at radius 3 is 2.57 bits per heavy atom. The van der Waals surface area contributed by atoms with Gasteiger partial charge in [-0.15, -0.1) is 0 Å². The molecule has 0 aliphatic heterocycles. The van der Waals surface area contributed by atoms with Crippen molar-refractivity contribution in [2.24, 2.45) is 0 Å².